The highest BCUT2D eigenvalue weighted by molar-refractivity contribution is 5.89. The molecule has 2 aromatic carbocycles. The van der Waals surface area contributed by atoms with Crippen molar-refractivity contribution >= 4 is 10.9 Å². The fourth-order valence-electron chi connectivity index (χ4n) is 3.56. The maximum absolute atomic E-state index is 5.63. The van der Waals surface area contributed by atoms with Gasteiger partial charge in [0, 0.05) is 10.9 Å². The molecule has 2 aliphatic rings. The maximum atomic E-state index is 5.63. The number of fused-ring (bicyclic) bond motifs is 4. The number of para-hydroxylation sites is 1. The van der Waals surface area contributed by atoms with Crippen LogP contribution in [0.1, 0.15) is 22.8 Å². The van der Waals surface area contributed by atoms with Crippen LogP contribution in [0.2, 0.25) is 0 Å². The first-order valence-corrected chi connectivity index (χ1v) is 7.53. The van der Waals surface area contributed by atoms with Crippen LogP contribution in [-0.2, 0) is 17.6 Å². The molecule has 0 amide bonds. The van der Waals surface area contributed by atoms with E-state index in [1.54, 1.807) is 0 Å². The minimum Gasteiger partial charge on any atom is -0.368 e. The zero-order valence-corrected chi connectivity index (χ0v) is 11.7. The van der Waals surface area contributed by atoms with Crippen LogP contribution >= 0.6 is 0 Å². The fraction of sp³-hybridized carbons (Fsp3) is 0.211. The van der Waals surface area contributed by atoms with Gasteiger partial charge in [0.05, 0.1) is 17.8 Å². The van der Waals surface area contributed by atoms with Crippen molar-refractivity contribution < 1.29 is 4.74 Å². The van der Waals surface area contributed by atoms with Crippen LogP contribution in [0.4, 0.5) is 0 Å². The number of nitrogens with zero attached hydrogens (tertiary/aromatic N) is 1. The Hall–Kier alpha value is -2.19. The fourth-order valence-corrected chi connectivity index (χ4v) is 3.56. The Bertz CT molecular complexity index is 865. The molecule has 0 radical (unpaired) electrons. The predicted molar refractivity (Wildman–Crippen MR) is 83.3 cm³/mol. The molecule has 0 N–H and O–H groups in total. The van der Waals surface area contributed by atoms with Crippen molar-refractivity contribution in [1.29, 1.82) is 0 Å². The highest BCUT2D eigenvalue weighted by Gasteiger charge is 2.32. The Morgan fingerprint density at radius 3 is 2.67 bits per heavy atom. The topological polar surface area (TPSA) is 25.4 Å². The van der Waals surface area contributed by atoms with Gasteiger partial charge in [-0.3, -0.25) is 0 Å². The summed E-state index contributed by atoms with van der Waals surface area (Å²) in [6.45, 7) is 0.849. The Kier molecular flexibility index (Phi) is 2.27. The van der Waals surface area contributed by atoms with E-state index in [-0.39, 0.29) is 6.10 Å². The van der Waals surface area contributed by atoms with Gasteiger partial charge >= 0.3 is 0 Å². The summed E-state index contributed by atoms with van der Waals surface area (Å²) >= 11 is 0. The number of pyridine rings is 1. The van der Waals surface area contributed by atoms with Gasteiger partial charge in [0.25, 0.3) is 0 Å². The Morgan fingerprint density at radius 1 is 0.952 bits per heavy atom. The van der Waals surface area contributed by atoms with Crippen molar-refractivity contribution in [3.05, 3.63) is 65.2 Å². The lowest BCUT2D eigenvalue weighted by molar-refractivity contribution is 0.415. The number of benzene rings is 2. The second-order valence-electron chi connectivity index (χ2n) is 5.85. The van der Waals surface area contributed by atoms with Crippen molar-refractivity contribution in [3.8, 4) is 11.3 Å². The van der Waals surface area contributed by atoms with E-state index in [2.05, 4.69) is 48.5 Å². The molecule has 1 aliphatic heterocycles. The normalized spacial score (nSPS) is 19.1. The first kappa shape index (κ1) is 11.5. The average Bonchev–Trinajstić information content (AvgIpc) is 3.37. The predicted octanol–water partition coefficient (Wildman–Crippen LogP) is 4.07. The molecule has 0 bridgehead atoms. The van der Waals surface area contributed by atoms with Gasteiger partial charge in [0.1, 0.15) is 6.10 Å². The van der Waals surface area contributed by atoms with Gasteiger partial charge in [-0.25, -0.2) is 4.98 Å². The largest absolute Gasteiger partial charge is 0.368 e. The summed E-state index contributed by atoms with van der Waals surface area (Å²) < 4.78 is 5.63. The van der Waals surface area contributed by atoms with E-state index in [4.69, 9.17) is 9.72 Å². The van der Waals surface area contributed by atoms with Crippen molar-refractivity contribution in [2.75, 3.05) is 6.61 Å². The highest BCUT2D eigenvalue weighted by Crippen LogP contribution is 2.43. The zero-order chi connectivity index (χ0) is 13.8. The van der Waals surface area contributed by atoms with Gasteiger partial charge in [-0.2, -0.15) is 0 Å². The molecule has 1 unspecified atom stereocenters. The number of aromatic nitrogens is 1. The molecule has 1 fully saturated rings. The molecule has 5 rings (SSSR count). The van der Waals surface area contributed by atoms with Gasteiger partial charge in [0.2, 0.25) is 0 Å². The molecule has 3 aromatic rings. The second-order valence-corrected chi connectivity index (χ2v) is 5.85. The van der Waals surface area contributed by atoms with E-state index < -0.39 is 0 Å². The minimum absolute atomic E-state index is 0.275. The number of rotatable bonds is 1. The van der Waals surface area contributed by atoms with Gasteiger partial charge in [-0.1, -0.05) is 42.5 Å². The van der Waals surface area contributed by atoms with Gasteiger partial charge in [-0.05, 0) is 35.6 Å². The van der Waals surface area contributed by atoms with E-state index in [1.165, 1.54) is 33.3 Å². The van der Waals surface area contributed by atoms with Crippen molar-refractivity contribution in [3.63, 3.8) is 0 Å². The third-order valence-corrected chi connectivity index (χ3v) is 4.61. The summed E-state index contributed by atoms with van der Waals surface area (Å²) in [5.41, 5.74) is 7.74. The molecule has 1 aliphatic carbocycles. The summed E-state index contributed by atoms with van der Waals surface area (Å²) in [6.07, 6.45) is 2.44. The lowest BCUT2D eigenvalue weighted by Gasteiger charge is -2.22. The van der Waals surface area contributed by atoms with Gasteiger partial charge < -0.3 is 4.74 Å². The molecule has 2 nitrogen and oxygen atoms in total. The van der Waals surface area contributed by atoms with Gasteiger partial charge in [-0.15, -0.1) is 0 Å². The summed E-state index contributed by atoms with van der Waals surface area (Å²) in [7, 11) is 0. The van der Waals surface area contributed by atoms with E-state index in [9.17, 15) is 0 Å². The average molecular weight is 273 g/mol. The minimum atomic E-state index is 0.275. The third kappa shape index (κ3) is 1.66. The molecule has 2 heteroatoms. The highest BCUT2D eigenvalue weighted by atomic mass is 16.6. The van der Waals surface area contributed by atoms with Crippen molar-refractivity contribution in [2.24, 2.45) is 0 Å². The number of ether oxygens (including phenoxy) is 1. The van der Waals surface area contributed by atoms with Crippen molar-refractivity contribution in [2.45, 2.75) is 18.9 Å². The van der Waals surface area contributed by atoms with Gasteiger partial charge in [0.15, 0.2) is 0 Å². The summed E-state index contributed by atoms with van der Waals surface area (Å²) in [5, 5.41) is 1.26. The SMILES string of the molecule is c1ccc2c(c1)CCc1c-2nc2ccccc2c1C1CO1. The number of epoxide rings is 1. The quantitative estimate of drug-likeness (QED) is 0.624. The van der Waals surface area contributed by atoms with Crippen LogP contribution in [-0.4, -0.2) is 11.6 Å². The molecular weight excluding hydrogens is 258 g/mol. The second kappa shape index (κ2) is 4.15. The summed E-state index contributed by atoms with van der Waals surface area (Å²) in [6, 6.07) is 17.1. The Labute approximate surface area is 123 Å². The van der Waals surface area contributed by atoms with E-state index in [1.807, 2.05) is 0 Å². The van der Waals surface area contributed by atoms with E-state index in [0.29, 0.717) is 0 Å². The molecular formula is C19H15NO. The first-order chi connectivity index (χ1) is 10.4. The van der Waals surface area contributed by atoms with E-state index >= 15 is 0 Å². The van der Waals surface area contributed by atoms with E-state index in [0.717, 1.165) is 25.0 Å². The Morgan fingerprint density at radius 2 is 1.76 bits per heavy atom. The molecule has 0 spiro atoms. The molecule has 1 aromatic heterocycles. The number of aryl methyl sites for hydroxylation is 1. The first-order valence-electron chi connectivity index (χ1n) is 7.53. The molecule has 2 heterocycles. The Balaban J connectivity index is 1.90. The number of hydrogen-bond donors (Lipinski definition) is 0. The van der Waals surface area contributed by atoms with Crippen LogP contribution in [0, 0.1) is 0 Å². The molecule has 0 saturated carbocycles. The maximum Gasteiger partial charge on any atom is 0.107 e. The monoisotopic (exact) mass is 273 g/mol. The lowest BCUT2D eigenvalue weighted by Crippen LogP contribution is -2.09. The van der Waals surface area contributed by atoms with Crippen LogP contribution in [0.15, 0.2) is 48.5 Å². The molecule has 21 heavy (non-hydrogen) atoms. The summed E-state index contributed by atoms with van der Waals surface area (Å²) in [5.74, 6) is 0. The lowest BCUT2D eigenvalue weighted by atomic mass is 9.84. The molecule has 1 atom stereocenters. The molecule has 102 valence electrons. The van der Waals surface area contributed by atoms with Crippen LogP contribution in [0.3, 0.4) is 0 Å². The third-order valence-electron chi connectivity index (χ3n) is 4.61. The summed E-state index contributed by atoms with van der Waals surface area (Å²) in [4.78, 5) is 4.97. The van der Waals surface area contributed by atoms with Crippen LogP contribution in [0.25, 0.3) is 22.2 Å². The standard InChI is InChI=1S/C19H15NO/c1-2-6-13-12(5-1)9-10-15-18(17-11-21-17)14-7-3-4-8-16(14)20-19(13)15/h1-8,17H,9-11H2. The van der Waals surface area contributed by atoms with Crippen molar-refractivity contribution in [1.82, 2.24) is 4.98 Å². The van der Waals surface area contributed by atoms with Crippen LogP contribution < -0.4 is 0 Å². The van der Waals surface area contributed by atoms with Crippen LogP contribution in [0.5, 0.6) is 0 Å². The zero-order valence-electron chi connectivity index (χ0n) is 11.7. The number of hydrogen-bond acceptors (Lipinski definition) is 2. The smallest absolute Gasteiger partial charge is 0.107 e. The molecule has 1 saturated heterocycles.